The van der Waals surface area contributed by atoms with Crippen molar-refractivity contribution in [1.29, 1.82) is 0 Å². The molecule has 2 aromatic carbocycles. The maximum absolute atomic E-state index is 11.5. The summed E-state index contributed by atoms with van der Waals surface area (Å²) in [5.41, 5.74) is 1.68. The smallest absolute Gasteiger partial charge is 0.311 e. The van der Waals surface area contributed by atoms with E-state index in [0.717, 1.165) is 44.1 Å². The molecule has 1 saturated carbocycles. The molecule has 0 N–H and O–H groups in total. The van der Waals surface area contributed by atoms with Gasteiger partial charge in [0.25, 0.3) is 0 Å². The van der Waals surface area contributed by atoms with Gasteiger partial charge in [-0.3, -0.25) is 9.69 Å². The monoisotopic (exact) mass is 409 g/mol. The predicted octanol–water partition coefficient (Wildman–Crippen LogP) is 5.43. The first-order valence-electron chi connectivity index (χ1n) is 11.3. The first-order valence-corrected chi connectivity index (χ1v) is 11.3. The largest absolute Gasteiger partial charge is 0.490 e. The van der Waals surface area contributed by atoms with Crippen LogP contribution in [0, 0.1) is 17.3 Å². The minimum atomic E-state index is -0.0933. The van der Waals surface area contributed by atoms with Crippen molar-refractivity contribution in [1.82, 2.24) is 4.90 Å². The van der Waals surface area contributed by atoms with Crippen molar-refractivity contribution in [2.24, 2.45) is 17.3 Å². The van der Waals surface area contributed by atoms with Crippen LogP contribution in [0.25, 0.3) is 10.8 Å². The summed E-state index contributed by atoms with van der Waals surface area (Å²) in [4.78, 5) is 13.8. The zero-order valence-electron chi connectivity index (χ0n) is 18.8. The van der Waals surface area contributed by atoms with Gasteiger partial charge < -0.3 is 9.47 Å². The molecule has 0 amide bonds. The summed E-state index contributed by atoms with van der Waals surface area (Å²) in [6.45, 7) is 9.52. The van der Waals surface area contributed by atoms with Crippen LogP contribution in [0.3, 0.4) is 0 Å². The lowest BCUT2D eigenvalue weighted by Gasteiger charge is -2.37. The number of hydrogen-bond acceptors (Lipinski definition) is 4. The fourth-order valence-electron chi connectivity index (χ4n) is 4.96. The zero-order chi connectivity index (χ0) is 21.3. The van der Waals surface area contributed by atoms with Crippen LogP contribution in [0.15, 0.2) is 36.4 Å². The molecule has 4 nitrogen and oxygen atoms in total. The Morgan fingerprint density at radius 1 is 1.00 bits per heavy atom. The molecule has 0 spiro atoms. The van der Waals surface area contributed by atoms with Gasteiger partial charge in [0, 0.05) is 19.6 Å². The summed E-state index contributed by atoms with van der Waals surface area (Å²) in [5.74, 6) is 1.73. The Labute approximate surface area is 180 Å². The molecular formula is C26H35NO3. The highest BCUT2D eigenvalue weighted by Crippen LogP contribution is 2.39. The second-order valence-electron chi connectivity index (χ2n) is 10.2. The Kier molecular flexibility index (Phi) is 6.06. The number of hydrogen-bond donors (Lipinski definition) is 0. The van der Waals surface area contributed by atoms with Crippen LogP contribution in [0.5, 0.6) is 5.75 Å². The van der Waals surface area contributed by atoms with E-state index in [9.17, 15) is 4.79 Å². The van der Waals surface area contributed by atoms with E-state index < -0.39 is 0 Å². The summed E-state index contributed by atoms with van der Waals surface area (Å²) in [6.07, 6.45) is 5.17. The van der Waals surface area contributed by atoms with Crippen LogP contribution >= 0.6 is 0 Å². The number of benzene rings is 2. The number of carbonyl (C=O) groups is 1. The van der Waals surface area contributed by atoms with Gasteiger partial charge in [-0.25, -0.2) is 0 Å². The molecule has 4 heteroatoms. The highest BCUT2D eigenvalue weighted by molar-refractivity contribution is 5.84. The number of likely N-dealkylation sites (tertiary alicyclic amines) is 1. The van der Waals surface area contributed by atoms with Gasteiger partial charge in [-0.2, -0.15) is 0 Å². The van der Waals surface area contributed by atoms with Crippen molar-refractivity contribution in [3.05, 3.63) is 42.0 Å². The van der Waals surface area contributed by atoms with Crippen LogP contribution in [-0.2, 0) is 16.1 Å². The molecule has 1 heterocycles. The van der Waals surface area contributed by atoms with Gasteiger partial charge in [0.15, 0.2) is 0 Å². The Bertz CT molecular complexity index is 887. The Balaban J connectivity index is 1.33. The quantitative estimate of drug-likeness (QED) is 0.618. The van der Waals surface area contributed by atoms with Gasteiger partial charge in [-0.15, -0.1) is 0 Å². The van der Waals surface area contributed by atoms with E-state index in [2.05, 4.69) is 62.1 Å². The maximum atomic E-state index is 11.5. The van der Waals surface area contributed by atoms with Gasteiger partial charge in [0.2, 0.25) is 0 Å². The number of nitrogens with zero attached hydrogens (tertiary/aromatic N) is 1. The number of fused-ring (bicyclic) bond motifs is 1. The highest BCUT2D eigenvalue weighted by atomic mass is 16.5. The molecule has 162 valence electrons. The molecule has 2 fully saturated rings. The molecule has 2 aromatic rings. The lowest BCUT2D eigenvalue weighted by molar-refractivity contribution is -0.151. The van der Waals surface area contributed by atoms with E-state index in [4.69, 9.17) is 9.47 Å². The summed E-state index contributed by atoms with van der Waals surface area (Å²) in [6, 6.07) is 13.1. The number of rotatable bonds is 5. The predicted molar refractivity (Wildman–Crippen MR) is 121 cm³/mol. The number of esters is 1. The lowest BCUT2D eigenvalue weighted by atomic mass is 9.72. The first kappa shape index (κ1) is 21.2. The van der Waals surface area contributed by atoms with Gasteiger partial charge in [0.05, 0.1) is 19.1 Å². The minimum absolute atomic E-state index is 0.0358. The molecule has 0 unspecified atom stereocenters. The molecule has 4 rings (SSSR count). The fraction of sp³-hybridized carbons (Fsp3) is 0.577. The fourth-order valence-corrected chi connectivity index (χ4v) is 4.96. The van der Waals surface area contributed by atoms with Crippen LogP contribution in [0.1, 0.15) is 52.0 Å². The third-order valence-electron chi connectivity index (χ3n) is 6.98. The van der Waals surface area contributed by atoms with Crippen LogP contribution in [0.4, 0.5) is 0 Å². The summed E-state index contributed by atoms with van der Waals surface area (Å²) >= 11 is 0. The average Bonchev–Trinajstić information content (AvgIpc) is 2.69. The van der Waals surface area contributed by atoms with E-state index in [1.807, 2.05) is 0 Å². The van der Waals surface area contributed by atoms with Crippen molar-refractivity contribution >= 4 is 16.7 Å². The van der Waals surface area contributed by atoms with E-state index in [0.29, 0.717) is 11.5 Å². The maximum Gasteiger partial charge on any atom is 0.311 e. The van der Waals surface area contributed by atoms with E-state index >= 15 is 0 Å². The minimum Gasteiger partial charge on any atom is -0.490 e. The lowest BCUT2D eigenvalue weighted by Crippen LogP contribution is -2.49. The van der Waals surface area contributed by atoms with Crippen LogP contribution in [0.2, 0.25) is 0 Å². The standard InChI is InChI=1S/C26H35NO3/c1-26(2,3)22-8-11-23(12-9-22)30-24-10-7-19-13-18(5-6-20(19)14-24)15-27-16-21(17-27)25(28)29-4/h5-7,10,13-14,21-23H,8-9,11-12,15-17H2,1-4H3. The molecule has 1 aliphatic heterocycles. The van der Waals surface area contributed by atoms with Crippen molar-refractivity contribution in [2.75, 3.05) is 20.2 Å². The molecule has 30 heavy (non-hydrogen) atoms. The summed E-state index contributed by atoms with van der Waals surface area (Å²) in [5, 5.41) is 2.46. The first-order chi connectivity index (χ1) is 14.3. The summed E-state index contributed by atoms with van der Waals surface area (Å²) < 4.78 is 11.2. The van der Waals surface area contributed by atoms with Crippen LogP contribution < -0.4 is 4.74 Å². The number of ether oxygens (including phenoxy) is 2. The number of carbonyl (C=O) groups excluding carboxylic acids is 1. The van der Waals surface area contributed by atoms with Gasteiger partial charge >= 0.3 is 5.97 Å². The second-order valence-corrected chi connectivity index (χ2v) is 10.2. The van der Waals surface area contributed by atoms with Crippen molar-refractivity contribution in [3.8, 4) is 5.75 Å². The molecule has 0 radical (unpaired) electrons. The molecular weight excluding hydrogens is 374 g/mol. The summed E-state index contributed by atoms with van der Waals surface area (Å²) in [7, 11) is 1.46. The number of methoxy groups -OCH3 is 1. The molecule has 1 aliphatic carbocycles. The van der Waals surface area contributed by atoms with Gasteiger partial charge in [-0.05, 0) is 71.6 Å². The Hall–Kier alpha value is -2.07. The molecule has 1 saturated heterocycles. The average molecular weight is 410 g/mol. The topological polar surface area (TPSA) is 38.8 Å². The third-order valence-corrected chi connectivity index (χ3v) is 6.98. The Morgan fingerprint density at radius 2 is 1.67 bits per heavy atom. The van der Waals surface area contributed by atoms with Gasteiger partial charge in [-0.1, -0.05) is 39.0 Å². The SMILES string of the molecule is COC(=O)C1CN(Cc2ccc3cc(OC4CCC(C(C)(C)C)CC4)ccc3c2)C1. The van der Waals surface area contributed by atoms with Gasteiger partial charge in [0.1, 0.15) is 5.75 Å². The van der Waals surface area contributed by atoms with E-state index in [-0.39, 0.29) is 11.9 Å². The zero-order valence-corrected chi connectivity index (χ0v) is 18.8. The Morgan fingerprint density at radius 3 is 2.33 bits per heavy atom. The second kappa shape index (κ2) is 8.58. The third kappa shape index (κ3) is 4.80. The van der Waals surface area contributed by atoms with Crippen molar-refractivity contribution in [2.45, 2.75) is 59.1 Å². The molecule has 0 bridgehead atoms. The highest BCUT2D eigenvalue weighted by Gasteiger charge is 2.33. The van der Waals surface area contributed by atoms with Crippen molar-refractivity contribution in [3.63, 3.8) is 0 Å². The normalized spacial score (nSPS) is 23.2. The van der Waals surface area contributed by atoms with E-state index in [1.54, 1.807) is 0 Å². The van der Waals surface area contributed by atoms with Crippen molar-refractivity contribution < 1.29 is 14.3 Å². The molecule has 0 atom stereocenters. The molecule has 0 aromatic heterocycles. The van der Waals surface area contributed by atoms with E-state index in [1.165, 1.54) is 36.3 Å². The van der Waals surface area contributed by atoms with Crippen LogP contribution in [-0.4, -0.2) is 37.2 Å². The molecule has 2 aliphatic rings.